The van der Waals surface area contributed by atoms with E-state index in [1.807, 2.05) is 54.6 Å². The average molecular weight is 322 g/mol. The molecule has 24 heavy (non-hydrogen) atoms. The lowest BCUT2D eigenvalue weighted by Crippen LogP contribution is -2.46. The number of hydrogen-bond donors (Lipinski definition) is 0. The van der Waals surface area contributed by atoms with Gasteiger partial charge in [0.15, 0.2) is 0 Å². The maximum Gasteiger partial charge on any atom is 0.410 e. The topological polar surface area (TPSA) is 78.3 Å². The minimum absolute atomic E-state index is 0.181. The van der Waals surface area contributed by atoms with Crippen molar-refractivity contribution in [2.45, 2.75) is 25.6 Å². The van der Waals surface area contributed by atoms with Crippen LogP contribution in [0.4, 0.5) is 4.79 Å². The smallest absolute Gasteiger partial charge is 0.410 e. The van der Waals surface area contributed by atoms with Crippen molar-refractivity contribution in [2.75, 3.05) is 6.54 Å². The van der Waals surface area contributed by atoms with Crippen molar-refractivity contribution in [1.82, 2.24) is 4.90 Å². The molecule has 0 bridgehead atoms. The highest BCUT2D eigenvalue weighted by Crippen LogP contribution is 2.24. The SMILES string of the molecule is [N-]=[N+]=NC[C@@H]1Cc2ccccc2CN1C(=O)OCc1ccccc1. The molecule has 6 nitrogen and oxygen atoms in total. The maximum absolute atomic E-state index is 12.5. The number of azide groups is 1. The van der Waals surface area contributed by atoms with Crippen LogP contribution in [0.25, 0.3) is 10.4 Å². The number of carbonyl (C=O) groups excluding carboxylic acids is 1. The van der Waals surface area contributed by atoms with Crippen LogP contribution in [-0.2, 0) is 24.3 Å². The Morgan fingerprint density at radius 1 is 1.17 bits per heavy atom. The van der Waals surface area contributed by atoms with Crippen LogP contribution in [0.5, 0.6) is 0 Å². The van der Waals surface area contributed by atoms with E-state index in [2.05, 4.69) is 10.0 Å². The molecule has 0 aromatic heterocycles. The summed E-state index contributed by atoms with van der Waals surface area (Å²) in [6.07, 6.45) is 0.279. The highest BCUT2D eigenvalue weighted by Gasteiger charge is 2.30. The number of fused-ring (bicyclic) bond motifs is 1. The molecule has 0 radical (unpaired) electrons. The van der Waals surface area contributed by atoms with E-state index in [4.69, 9.17) is 10.3 Å². The van der Waals surface area contributed by atoms with E-state index in [9.17, 15) is 4.79 Å². The van der Waals surface area contributed by atoms with Gasteiger partial charge < -0.3 is 9.64 Å². The molecule has 0 aliphatic carbocycles. The molecule has 1 amide bonds. The zero-order valence-electron chi connectivity index (χ0n) is 13.2. The second-order valence-corrected chi connectivity index (χ2v) is 5.71. The molecule has 1 heterocycles. The van der Waals surface area contributed by atoms with Crippen molar-refractivity contribution in [3.63, 3.8) is 0 Å². The zero-order chi connectivity index (χ0) is 16.8. The van der Waals surface area contributed by atoms with Gasteiger partial charge in [-0.15, -0.1) is 0 Å². The number of benzene rings is 2. The first-order valence-electron chi connectivity index (χ1n) is 7.83. The van der Waals surface area contributed by atoms with E-state index in [0.29, 0.717) is 13.0 Å². The number of carbonyl (C=O) groups is 1. The molecule has 1 aliphatic heterocycles. The summed E-state index contributed by atoms with van der Waals surface area (Å²) < 4.78 is 5.45. The summed E-state index contributed by atoms with van der Waals surface area (Å²) in [6, 6.07) is 17.4. The van der Waals surface area contributed by atoms with Crippen LogP contribution in [0.15, 0.2) is 59.7 Å². The van der Waals surface area contributed by atoms with Crippen molar-refractivity contribution in [1.29, 1.82) is 0 Å². The summed E-state index contributed by atoms with van der Waals surface area (Å²) in [5.74, 6) is 0. The van der Waals surface area contributed by atoms with E-state index >= 15 is 0 Å². The molecule has 0 N–H and O–H groups in total. The molecule has 0 saturated heterocycles. The third-order valence-electron chi connectivity index (χ3n) is 4.15. The molecule has 122 valence electrons. The Balaban J connectivity index is 1.73. The Kier molecular flexibility index (Phi) is 4.99. The lowest BCUT2D eigenvalue weighted by molar-refractivity contribution is 0.0747. The van der Waals surface area contributed by atoms with E-state index in [0.717, 1.165) is 11.1 Å². The highest BCUT2D eigenvalue weighted by molar-refractivity contribution is 5.69. The average Bonchev–Trinajstić information content (AvgIpc) is 2.64. The standard InChI is InChI=1S/C18H18N4O2/c19-21-20-11-17-10-15-8-4-5-9-16(15)12-22(17)18(23)24-13-14-6-2-1-3-7-14/h1-9,17H,10-13H2/t17-/m0/s1. The van der Waals surface area contributed by atoms with Crippen LogP contribution in [0.1, 0.15) is 16.7 Å². The van der Waals surface area contributed by atoms with Gasteiger partial charge >= 0.3 is 6.09 Å². The second kappa shape index (κ2) is 7.53. The van der Waals surface area contributed by atoms with Crippen LogP contribution >= 0.6 is 0 Å². The second-order valence-electron chi connectivity index (χ2n) is 5.71. The zero-order valence-corrected chi connectivity index (χ0v) is 13.2. The lowest BCUT2D eigenvalue weighted by Gasteiger charge is -2.35. The van der Waals surface area contributed by atoms with E-state index < -0.39 is 0 Å². The maximum atomic E-state index is 12.5. The number of rotatable bonds is 4. The highest BCUT2D eigenvalue weighted by atomic mass is 16.6. The molecule has 3 rings (SSSR count). The Bertz CT molecular complexity index is 757. The number of ether oxygens (including phenoxy) is 1. The minimum Gasteiger partial charge on any atom is -0.445 e. The minimum atomic E-state index is -0.383. The lowest BCUT2D eigenvalue weighted by atomic mass is 9.94. The summed E-state index contributed by atoms with van der Waals surface area (Å²) in [7, 11) is 0. The summed E-state index contributed by atoms with van der Waals surface area (Å²) in [4.78, 5) is 17.0. The summed E-state index contributed by atoms with van der Waals surface area (Å²) in [6.45, 7) is 0.937. The monoisotopic (exact) mass is 322 g/mol. The van der Waals surface area contributed by atoms with Gasteiger partial charge in [-0.05, 0) is 28.6 Å². The van der Waals surface area contributed by atoms with Crippen LogP contribution < -0.4 is 0 Å². The van der Waals surface area contributed by atoms with E-state index in [1.54, 1.807) is 4.90 Å². The van der Waals surface area contributed by atoms with Crippen molar-refractivity contribution < 1.29 is 9.53 Å². The first kappa shape index (κ1) is 15.9. The molecule has 6 heteroatoms. The molecule has 1 aliphatic rings. The Hall–Kier alpha value is -2.98. The Morgan fingerprint density at radius 2 is 1.88 bits per heavy atom. The van der Waals surface area contributed by atoms with Crippen molar-refractivity contribution in [2.24, 2.45) is 5.11 Å². The van der Waals surface area contributed by atoms with Crippen molar-refractivity contribution in [3.8, 4) is 0 Å². The number of nitrogens with zero attached hydrogens (tertiary/aromatic N) is 4. The fourth-order valence-corrected chi connectivity index (χ4v) is 2.90. The van der Waals surface area contributed by atoms with Gasteiger partial charge in [0.2, 0.25) is 0 Å². The fourth-order valence-electron chi connectivity index (χ4n) is 2.90. The van der Waals surface area contributed by atoms with Crippen LogP contribution in [0, 0.1) is 0 Å². The van der Waals surface area contributed by atoms with Gasteiger partial charge in [-0.25, -0.2) is 4.79 Å². The van der Waals surface area contributed by atoms with Gasteiger partial charge in [0.1, 0.15) is 6.61 Å². The predicted octanol–water partition coefficient (Wildman–Crippen LogP) is 4.06. The molecule has 0 spiro atoms. The van der Waals surface area contributed by atoms with Crippen LogP contribution in [0.3, 0.4) is 0 Å². The summed E-state index contributed by atoms with van der Waals surface area (Å²) in [5.41, 5.74) is 11.8. The third kappa shape index (κ3) is 3.67. The predicted molar refractivity (Wildman–Crippen MR) is 90.1 cm³/mol. The molecule has 2 aromatic carbocycles. The third-order valence-corrected chi connectivity index (χ3v) is 4.15. The van der Waals surface area contributed by atoms with Crippen molar-refractivity contribution >= 4 is 6.09 Å². The molecule has 1 atom stereocenters. The normalized spacial score (nSPS) is 16.0. The number of amides is 1. The van der Waals surface area contributed by atoms with E-state index in [-0.39, 0.29) is 25.3 Å². The molecule has 0 unspecified atom stereocenters. The van der Waals surface area contributed by atoms with Crippen molar-refractivity contribution in [3.05, 3.63) is 81.7 Å². The quantitative estimate of drug-likeness (QED) is 0.483. The molecule has 0 fully saturated rings. The van der Waals surface area contributed by atoms with E-state index in [1.165, 1.54) is 5.56 Å². The van der Waals surface area contributed by atoms with Crippen LogP contribution in [0.2, 0.25) is 0 Å². The molecule has 0 saturated carbocycles. The summed E-state index contributed by atoms with van der Waals surface area (Å²) in [5, 5.41) is 3.65. The summed E-state index contributed by atoms with van der Waals surface area (Å²) >= 11 is 0. The largest absolute Gasteiger partial charge is 0.445 e. The van der Waals surface area contributed by atoms with Gasteiger partial charge in [-0.2, -0.15) is 0 Å². The van der Waals surface area contributed by atoms with Crippen LogP contribution in [-0.4, -0.2) is 23.6 Å². The fraction of sp³-hybridized carbons (Fsp3) is 0.278. The van der Waals surface area contributed by atoms with Gasteiger partial charge in [0.25, 0.3) is 0 Å². The van der Waals surface area contributed by atoms with Gasteiger partial charge in [-0.3, -0.25) is 0 Å². The first-order chi connectivity index (χ1) is 11.8. The molecular weight excluding hydrogens is 304 g/mol. The molecule has 2 aromatic rings. The van der Waals surface area contributed by atoms with Gasteiger partial charge in [0, 0.05) is 24.0 Å². The first-order valence-corrected chi connectivity index (χ1v) is 7.83. The molecular formula is C18H18N4O2. The van der Waals surface area contributed by atoms with Gasteiger partial charge in [-0.1, -0.05) is 59.7 Å². The number of hydrogen-bond acceptors (Lipinski definition) is 3. The van der Waals surface area contributed by atoms with Gasteiger partial charge in [0.05, 0.1) is 0 Å². The Morgan fingerprint density at radius 3 is 2.62 bits per heavy atom. The Labute approximate surface area is 140 Å².